The number of aliphatic hydroxyl groups excluding tert-OH is 1. The first-order valence-electron chi connectivity index (χ1n) is 4.83. The Morgan fingerprint density at radius 2 is 1.76 bits per heavy atom. The molecule has 1 unspecified atom stereocenters. The molecular formula is C12H8ClF2NO. The van der Waals surface area contributed by atoms with Crippen LogP contribution in [-0.2, 0) is 0 Å². The van der Waals surface area contributed by atoms with Gasteiger partial charge in [-0.1, -0.05) is 17.7 Å². The predicted molar refractivity (Wildman–Crippen MR) is 59.7 cm³/mol. The molecule has 5 heteroatoms. The molecule has 2 rings (SSSR count). The zero-order chi connectivity index (χ0) is 12.4. The Balaban J connectivity index is 2.51. The average Bonchev–Trinajstić information content (AvgIpc) is 2.29. The lowest BCUT2D eigenvalue weighted by molar-refractivity contribution is 0.204. The highest BCUT2D eigenvalue weighted by Crippen LogP contribution is 2.29. The van der Waals surface area contributed by atoms with Crippen LogP contribution >= 0.6 is 11.6 Å². The van der Waals surface area contributed by atoms with E-state index in [0.717, 1.165) is 12.1 Å². The van der Waals surface area contributed by atoms with Crippen LogP contribution < -0.4 is 0 Å². The van der Waals surface area contributed by atoms with Gasteiger partial charge in [0.1, 0.15) is 17.7 Å². The molecule has 1 N–H and O–H groups in total. The van der Waals surface area contributed by atoms with Gasteiger partial charge in [-0.25, -0.2) is 8.78 Å². The largest absolute Gasteiger partial charge is 0.382 e. The molecule has 0 fully saturated rings. The third-order valence-electron chi connectivity index (χ3n) is 2.32. The van der Waals surface area contributed by atoms with Crippen molar-refractivity contribution in [2.75, 3.05) is 0 Å². The lowest BCUT2D eigenvalue weighted by Crippen LogP contribution is -2.08. The van der Waals surface area contributed by atoms with E-state index in [4.69, 9.17) is 11.6 Å². The molecule has 2 aromatic rings. The highest BCUT2D eigenvalue weighted by molar-refractivity contribution is 6.31. The molecule has 17 heavy (non-hydrogen) atoms. The summed E-state index contributed by atoms with van der Waals surface area (Å²) in [5.41, 5.74) is -0.425. The molecule has 0 saturated carbocycles. The molecule has 0 bridgehead atoms. The van der Waals surface area contributed by atoms with Crippen LogP contribution in [0, 0.1) is 11.6 Å². The maximum atomic E-state index is 13.4. The summed E-state index contributed by atoms with van der Waals surface area (Å²) in [5.74, 6) is -1.67. The smallest absolute Gasteiger partial charge is 0.132 e. The minimum absolute atomic E-state index is 0.0261. The highest BCUT2D eigenvalue weighted by atomic mass is 35.5. The summed E-state index contributed by atoms with van der Waals surface area (Å²) < 4.78 is 26.9. The minimum Gasteiger partial charge on any atom is -0.382 e. The van der Waals surface area contributed by atoms with Crippen LogP contribution in [-0.4, -0.2) is 10.1 Å². The molecular weight excluding hydrogens is 248 g/mol. The van der Waals surface area contributed by atoms with Gasteiger partial charge in [-0.3, -0.25) is 4.98 Å². The normalized spacial score (nSPS) is 12.5. The maximum absolute atomic E-state index is 13.4. The van der Waals surface area contributed by atoms with Gasteiger partial charge in [0.05, 0.1) is 16.3 Å². The lowest BCUT2D eigenvalue weighted by Gasteiger charge is -2.13. The quantitative estimate of drug-likeness (QED) is 0.895. The van der Waals surface area contributed by atoms with E-state index in [1.54, 1.807) is 6.07 Å². The molecule has 0 aliphatic rings. The van der Waals surface area contributed by atoms with Crippen molar-refractivity contribution in [2.45, 2.75) is 6.10 Å². The number of nitrogens with zero attached hydrogens (tertiary/aromatic N) is 1. The minimum atomic E-state index is -1.52. The SMILES string of the molecule is OC(c1ncccc1Cl)c1c(F)cccc1F. The van der Waals surface area contributed by atoms with Crippen LogP contribution in [0.1, 0.15) is 17.4 Å². The second-order valence-corrected chi connectivity index (χ2v) is 3.82. The molecule has 0 saturated heterocycles. The third kappa shape index (κ3) is 2.28. The van der Waals surface area contributed by atoms with Gasteiger partial charge in [0.15, 0.2) is 0 Å². The Morgan fingerprint density at radius 3 is 2.35 bits per heavy atom. The number of benzene rings is 1. The second-order valence-electron chi connectivity index (χ2n) is 3.41. The molecule has 0 spiro atoms. The number of hydrogen-bond donors (Lipinski definition) is 1. The van der Waals surface area contributed by atoms with Gasteiger partial charge in [0, 0.05) is 6.20 Å². The Morgan fingerprint density at radius 1 is 1.12 bits per heavy atom. The summed E-state index contributed by atoms with van der Waals surface area (Å²) in [6, 6.07) is 6.42. The predicted octanol–water partition coefficient (Wildman–Crippen LogP) is 3.09. The van der Waals surface area contributed by atoms with Crippen molar-refractivity contribution in [1.29, 1.82) is 0 Å². The van der Waals surface area contributed by atoms with Crippen molar-refractivity contribution in [2.24, 2.45) is 0 Å². The molecule has 0 aliphatic heterocycles. The number of aliphatic hydroxyl groups is 1. The molecule has 88 valence electrons. The first-order valence-corrected chi connectivity index (χ1v) is 5.21. The van der Waals surface area contributed by atoms with Crippen LogP contribution in [0.15, 0.2) is 36.5 Å². The fourth-order valence-electron chi connectivity index (χ4n) is 1.51. The van der Waals surface area contributed by atoms with Gasteiger partial charge in [0.2, 0.25) is 0 Å². The van der Waals surface area contributed by atoms with Crippen molar-refractivity contribution in [3.8, 4) is 0 Å². The molecule has 1 atom stereocenters. The Bertz CT molecular complexity index is 528. The third-order valence-corrected chi connectivity index (χ3v) is 2.64. The Kier molecular flexibility index (Phi) is 3.36. The zero-order valence-electron chi connectivity index (χ0n) is 8.57. The molecule has 0 radical (unpaired) electrons. The highest BCUT2D eigenvalue weighted by Gasteiger charge is 2.22. The van der Waals surface area contributed by atoms with Gasteiger partial charge in [0.25, 0.3) is 0 Å². The summed E-state index contributed by atoms with van der Waals surface area (Å²) in [6.45, 7) is 0. The van der Waals surface area contributed by atoms with Crippen molar-refractivity contribution in [1.82, 2.24) is 4.98 Å². The van der Waals surface area contributed by atoms with Gasteiger partial charge in [-0.15, -0.1) is 0 Å². The van der Waals surface area contributed by atoms with E-state index in [-0.39, 0.29) is 10.7 Å². The van der Waals surface area contributed by atoms with Gasteiger partial charge < -0.3 is 5.11 Å². The zero-order valence-corrected chi connectivity index (χ0v) is 9.33. The first-order chi connectivity index (χ1) is 8.11. The summed E-state index contributed by atoms with van der Waals surface area (Å²) >= 11 is 5.81. The lowest BCUT2D eigenvalue weighted by atomic mass is 10.0. The summed E-state index contributed by atoms with van der Waals surface area (Å²) in [6.07, 6.45) is -0.131. The number of hydrogen-bond acceptors (Lipinski definition) is 2. The monoisotopic (exact) mass is 255 g/mol. The molecule has 2 nitrogen and oxygen atoms in total. The molecule has 1 aromatic carbocycles. The summed E-state index contributed by atoms with van der Waals surface area (Å²) in [5, 5.41) is 10.1. The average molecular weight is 256 g/mol. The van der Waals surface area contributed by atoms with Crippen molar-refractivity contribution < 1.29 is 13.9 Å². The molecule has 1 aromatic heterocycles. The second kappa shape index (κ2) is 4.77. The summed E-state index contributed by atoms with van der Waals surface area (Å²) in [4.78, 5) is 3.82. The number of halogens is 3. The van der Waals surface area contributed by atoms with Crippen LogP contribution in [0.4, 0.5) is 8.78 Å². The van der Waals surface area contributed by atoms with Crippen molar-refractivity contribution in [3.63, 3.8) is 0 Å². The van der Waals surface area contributed by atoms with Gasteiger partial charge in [-0.05, 0) is 24.3 Å². The summed E-state index contributed by atoms with van der Waals surface area (Å²) in [7, 11) is 0. The van der Waals surface area contributed by atoms with Crippen LogP contribution in [0.25, 0.3) is 0 Å². The standard InChI is InChI=1S/C12H8ClF2NO/c13-7-3-2-6-16-11(7)12(17)10-8(14)4-1-5-9(10)15/h1-6,12,17H. The Hall–Kier alpha value is -1.52. The van der Waals surface area contributed by atoms with Crippen molar-refractivity contribution >= 4 is 11.6 Å². The Labute approximate surface area is 102 Å². The fourth-order valence-corrected chi connectivity index (χ4v) is 1.73. The van der Waals surface area contributed by atoms with E-state index in [2.05, 4.69) is 4.98 Å². The van der Waals surface area contributed by atoms with Crippen LogP contribution in [0.3, 0.4) is 0 Å². The number of rotatable bonds is 2. The van der Waals surface area contributed by atoms with Gasteiger partial charge in [-0.2, -0.15) is 0 Å². The fraction of sp³-hybridized carbons (Fsp3) is 0.0833. The van der Waals surface area contributed by atoms with Crippen LogP contribution in [0.5, 0.6) is 0 Å². The van der Waals surface area contributed by atoms with E-state index in [1.807, 2.05) is 0 Å². The van der Waals surface area contributed by atoms with Crippen LogP contribution in [0.2, 0.25) is 5.02 Å². The van der Waals surface area contributed by atoms with E-state index in [9.17, 15) is 13.9 Å². The maximum Gasteiger partial charge on any atom is 0.132 e. The van der Waals surface area contributed by atoms with E-state index in [0.29, 0.717) is 0 Å². The topological polar surface area (TPSA) is 33.1 Å². The molecule has 0 amide bonds. The van der Waals surface area contributed by atoms with Gasteiger partial charge >= 0.3 is 0 Å². The first kappa shape index (κ1) is 12.0. The van der Waals surface area contributed by atoms with E-state index < -0.39 is 23.3 Å². The van der Waals surface area contributed by atoms with Crippen molar-refractivity contribution in [3.05, 3.63) is 64.4 Å². The number of aromatic nitrogens is 1. The number of pyridine rings is 1. The van der Waals surface area contributed by atoms with E-state index in [1.165, 1.54) is 18.3 Å². The van der Waals surface area contributed by atoms with E-state index >= 15 is 0 Å². The molecule has 0 aliphatic carbocycles. The molecule has 1 heterocycles.